The molecule has 2 aromatic rings. The Morgan fingerprint density at radius 2 is 0.815 bits per heavy atom. The van der Waals surface area contributed by atoms with Gasteiger partial charge in [-0.1, -0.05) is 0 Å². The van der Waals surface area contributed by atoms with Gasteiger partial charge in [0.15, 0.2) is 20.6 Å². The van der Waals surface area contributed by atoms with Crippen LogP contribution in [0.25, 0.3) is 0 Å². The summed E-state index contributed by atoms with van der Waals surface area (Å²) in [6.07, 6.45) is 0. The van der Waals surface area contributed by atoms with Crippen LogP contribution in [-0.4, -0.2) is 93.6 Å². The first-order chi connectivity index (χ1) is 11.7. The van der Waals surface area contributed by atoms with E-state index in [0.717, 1.165) is 0 Å². The van der Waals surface area contributed by atoms with Gasteiger partial charge in [0.25, 0.3) is 0 Å². The first-order valence-corrected chi connectivity index (χ1v) is 8.56. The molecule has 144 valence electrons. The quantitative estimate of drug-likeness (QED) is 0.188. The van der Waals surface area contributed by atoms with E-state index >= 15 is 0 Å². The van der Waals surface area contributed by atoms with E-state index in [9.17, 15) is 25.9 Å². The molecule has 2 rings (SSSR count). The van der Waals surface area contributed by atoms with Gasteiger partial charge in [-0.25, -0.2) is 16.8 Å². The third-order valence-electron chi connectivity index (χ3n) is 1.77. The van der Waals surface area contributed by atoms with Crippen molar-refractivity contribution < 1.29 is 25.9 Å². The van der Waals surface area contributed by atoms with Crippen LogP contribution in [0, 0.1) is 0 Å². The van der Waals surface area contributed by atoms with E-state index in [1.54, 1.807) is 0 Å². The van der Waals surface area contributed by atoms with Crippen molar-refractivity contribution in [2.24, 2.45) is 0 Å². The minimum atomic E-state index is -4.67. The van der Waals surface area contributed by atoms with Gasteiger partial charge in [0.05, 0.1) is 0 Å². The van der Waals surface area contributed by atoms with Crippen LogP contribution in [0.2, 0.25) is 0 Å². The standard InChI is InChI=1S/2C3H6N6O3S.Ca/c2*4-1-6-2(5)8-3(7-1)9-13(10,11)12;/h2*(H,10,11,12)(H5,4,5,6,7,8,9);/q;;+2/p-2. The number of hydrogen-bond donors (Lipinski definition) is 6. The molecule has 0 amide bonds. The zero-order chi connectivity index (χ0) is 20.1. The van der Waals surface area contributed by atoms with Crippen LogP contribution in [0.3, 0.4) is 0 Å². The Balaban J connectivity index is 0.000000483. The fourth-order valence-corrected chi connectivity index (χ4v) is 1.76. The molecular weight excluding hydrogens is 440 g/mol. The monoisotopic (exact) mass is 450 g/mol. The zero-order valence-corrected chi connectivity index (χ0v) is 16.8. The van der Waals surface area contributed by atoms with Crippen molar-refractivity contribution >= 4 is 94.0 Å². The molecule has 0 aliphatic rings. The maximum absolute atomic E-state index is 10.2. The number of nitrogens with one attached hydrogen (secondary N) is 2. The second-order valence-electron chi connectivity index (χ2n) is 3.86. The van der Waals surface area contributed by atoms with E-state index in [0.29, 0.717) is 0 Å². The van der Waals surface area contributed by atoms with Gasteiger partial charge in [0, 0.05) is 0 Å². The molecule has 0 spiro atoms. The minimum absolute atomic E-state index is 0. The van der Waals surface area contributed by atoms with E-state index < -0.39 is 32.5 Å². The molecule has 0 atom stereocenters. The molecule has 0 saturated heterocycles. The Hall–Kier alpha value is -2.10. The first-order valence-electron chi connectivity index (χ1n) is 5.75. The summed E-state index contributed by atoms with van der Waals surface area (Å²) in [5.74, 6) is -2.12. The zero-order valence-electron chi connectivity index (χ0n) is 13.0. The van der Waals surface area contributed by atoms with Gasteiger partial charge in [0.2, 0.25) is 35.7 Å². The molecule has 18 nitrogen and oxygen atoms in total. The smallest absolute Gasteiger partial charge is 0.731 e. The van der Waals surface area contributed by atoms with E-state index in [2.05, 4.69) is 29.9 Å². The second kappa shape index (κ2) is 9.72. The van der Waals surface area contributed by atoms with E-state index in [1.165, 1.54) is 9.44 Å². The third kappa shape index (κ3) is 11.3. The molecule has 0 unspecified atom stereocenters. The summed E-state index contributed by atoms with van der Waals surface area (Å²) in [7, 11) is -9.35. The summed E-state index contributed by atoms with van der Waals surface area (Å²) in [4.78, 5) is 19.9. The second-order valence-corrected chi connectivity index (χ2v) is 6.09. The molecular formula is C6H10CaN12O6S2. The van der Waals surface area contributed by atoms with E-state index in [-0.39, 0.29) is 61.5 Å². The van der Waals surface area contributed by atoms with Crippen LogP contribution in [-0.2, 0) is 20.6 Å². The Morgan fingerprint density at radius 1 is 0.593 bits per heavy atom. The van der Waals surface area contributed by atoms with Gasteiger partial charge in [0.1, 0.15) is 0 Å². The van der Waals surface area contributed by atoms with Crippen LogP contribution in [0.15, 0.2) is 0 Å². The largest absolute Gasteiger partial charge is 2.00 e. The number of nitrogens with zero attached hydrogens (tertiary/aromatic N) is 6. The van der Waals surface area contributed by atoms with Crippen LogP contribution in [0.1, 0.15) is 0 Å². The van der Waals surface area contributed by atoms with Gasteiger partial charge >= 0.3 is 37.7 Å². The number of nitrogen functional groups attached to an aromatic ring is 4. The third-order valence-corrected chi connectivity index (χ3v) is 2.64. The number of anilines is 6. The molecule has 2 heterocycles. The van der Waals surface area contributed by atoms with Gasteiger partial charge in [-0.2, -0.15) is 29.9 Å². The average molecular weight is 450 g/mol. The predicted molar refractivity (Wildman–Crippen MR) is 89.7 cm³/mol. The molecule has 27 heavy (non-hydrogen) atoms. The Labute approximate surface area is 181 Å². The number of rotatable bonds is 4. The molecule has 0 aliphatic carbocycles. The van der Waals surface area contributed by atoms with Crippen molar-refractivity contribution in [2.45, 2.75) is 0 Å². The molecule has 21 heteroatoms. The Morgan fingerprint density at radius 3 is 1.00 bits per heavy atom. The normalized spacial score (nSPS) is 10.7. The molecule has 0 bridgehead atoms. The Bertz CT molecular complexity index is 877. The summed E-state index contributed by atoms with van der Waals surface area (Å²) < 4.78 is 64.0. The SMILES string of the molecule is Nc1nc(N)nc(NS(=O)(=O)[O-])n1.Nc1nc(N)nc(NS(=O)(=O)[O-])n1.[Ca+2]. The van der Waals surface area contributed by atoms with Gasteiger partial charge in [-0.15, -0.1) is 0 Å². The van der Waals surface area contributed by atoms with Gasteiger partial charge < -0.3 is 32.0 Å². The maximum Gasteiger partial charge on any atom is 2.00 e. The molecule has 10 N–H and O–H groups in total. The first kappa shape index (κ1) is 24.9. The van der Waals surface area contributed by atoms with Gasteiger partial charge in [-0.3, -0.25) is 9.44 Å². The summed E-state index contributed by atoms with van der Waals surface area (Å²) in [5.41, 5.74) is 20.4. The van der Waals surface area contributed by atoms with E-state index in [1.807, 2.05) is 0 Å². The molecule has 2 aromatic heterocycles. The molecule has 0 radical (unpaired) electrons. The number of nitrogens with two attached hydrogens (primary N) is 4. The maximum atomic E-state index is 10.2. The summed E-state index contributed by atoms with van der Waals surface area (Å²) in [5, 5.41) is 0. The fourth-order valence-electron chi connectivity index (χ4n) is 1.13. The molecule has 0 fully saturated rings. The van der Waals surface area contributed by atoms with Crippen LogP contribution >= 0.6 is 0 Å². The summed E-state index contributed by atoms with van der Waals surface area (Å²) in [6.45, 7) is 0. The molecule has 0 aromatic carbocycles. The van der Waals surface area contributed by atoms with Crippen LogP contribution in [0.4, 0.5) is 35.7 Å². The van der Waals surface area contributed by atoms with Crippen molar-refractivity contribution in [1.29, 1.82) is 0 Å². The predicted octanol–water partition coefficient (Wildman–Crippen LogP) is -4.56. The van der Waals surface area contributed by atoms with Crippen molar-refractivity contribution in [1.82, 2.24) is 29.9 Å². The molecule has 0 saturated carbocycles. The van der Waals surface area contributed by atoms with Crippen LogP contribution < -0.4 is 32.4 Å². The van der Waals surface area contributed by atoms with Crippen molar-refractivity contribution in [2.75, 3.05) is 32.4 Å². The molecule has 0 aliphatic heterocycles. The minimum Gasteiger partial charge on any atom is -0.731 e. The Kier molecular flexibility index (Phi) is 8.97. The van der Waals surface area contributed by atoms with Crippen molar-refractivity contribution in [3.8, 4) is 0 Å². The summed E-state index contributed by atoms with van der Waals surface area (Å²) in [6, 6.07) is 0. The fraction of sp³-hybridized carbons (Fsp3) is 0. The van der Waals surface area contributed by atoms with Crippen molar-refractivity contribution in [3.05, 3.63) is 0 Å². The number of aromatic nitrogens is 6. The van der Waals surface area contributed by atoms with E-state index in [4.69, 9.17) is 22.9 Å². The van der Waals surface area contributed by atoms with Gasteiger partial charge in [-0.05, 0) is 0 Å². The van der Waals surface area contributed by atoms with Crippen LogP contribution in [0.5, 0.6) is 0 Å². The van der Waals surface area contributed by atoms with Crippen molar-refractivity contribution in [3.63, 3.8) is 0 Å². The topological polar surface area (TPSA) is 320 Å². The number of hydrogen-bond acceptors (Lipinski definition) is 16. The summed E-state index contributed by atoms with van der Waals surface area (Å²) >= 11 is 0. The average Bonchev–Trinajstić information content (AvgIpc) is 2.31.